The molecule has 1 unspecified atom stereocenters. The van der Waals surface area contributed by atoms with Gasteiger partial charge in [0.2, 0.25) is 0 Å². The largest absolute Gasteiger partial charge is 0.493 e. The zero-order valence-electron chi connectivity index (χ0n) is 18.6. The second kappa shape index (κ2) is 9.32. The molecule has 0 saturated carbocycles. The van der Waals surface area contributed by atoms with Gasteiger partial charge in [0.25, 0.3) is 0 Å². The van der Waals surface area contributed by atoms with Crippen LogP contribution in [0.3, 0.4) is 0 Å². The van der Waals surface area contributed by atoms with Crippen molar-refractivity contribution in [3.05, 3.63) is 60.2 Å². The van der Waals surface area contributed by atoms with Crippen molar-refractivity contribution in [3.63, 3.8) is 0 Å². The van der Waals surface area contributed by atoms with Crippen molar-refractivity contribution in [2.75, 3.05) is 30.3 Å². The molecule has 1 aliphatic rings. The highest BCUT2D eigenvalue weighted by molar-refractivity contribution is 5.99. The van der Waals surface area contributed by atoms with E-state index in [1.165, 1.54) is 6.20 Å². The Labute approximate surface area is 187 Å². The number of aryl methyl sites for hydroxylation is 2. The van der Waals surface area contributed by atoms with E-state index in [0.717, 1.165) is 42.1 Å². The molecule has 3 aromatic rings. The highest BCUT2D eigenvalue weighted by atomic mass is 16.5. The van der Waals surface area contributed by atoms with Gasteiger partial charge >= 0.3 is 6.03 Å². The molecule has 0 spiro atoms. The number of amides is 2. The lowest BCUT2D eigenvalue weighted by atomic mass is 9.91. The van der Waals surface area contributed by atoms with Crippen molar-refractivity contribution in [2.24, 2.45) is 5.41 Å². The molecule has 0 radical (unpaired) electrons. The first-order chi connectivity index (χ1) is 15.4. The van der Waals surface area contributed by atoms with Gasteiger partial charge in [-0.2, -0.15) is 0 Å². The summed E-state index contributed by atoms with van der Waals surface area (Å²) < 4.78 is 6.11. The number of carbonyl (C=O) groups is 1. The average molecular weight is 433 g/mol. The number of rotatable bonds is 6. The summed E-state index contributed by atoms with van der Waals surface area (Å²) in [4.78, 5) is 25.2. The second-order valence-electron chi connectivity index (χ2n) is 8.56. The molecule has 2 aromatic heterocycles. The summed E-state index contributed by atoms with van der Waals surface area (Å²) in [6.45, 7) is 8.86. The molecule has 1 atom stereocenters. The van der Waals surface area contributed by atoms with Crippen molar-refractivity contribution >= 4 is 17.5 Å². The van der Waals surface area contributed by atoms with Crippen LogP contribution in [0, 0.1) is 19.3 Å². The lowest BCUT2D eigenvalue weighted by molar-refractivity contribution is 0.180. The Bertz CT molecular complexity index is 1090. The monoisotopic (exact) mass is 432 g/mol. The Hall–Kier alpha value is -3.52. The SMILES string of the molecule is Cc1ccc(NC(=O)Nc2cncc(-c3ccc(OCC4(C)CCNC4)c(C)c3)n2)cn1. The van der Waals surface area contributed by atoms with Crippen molar-refractivity contribution < 1.29 is 9.53 Å². The number of nitrogens with zero attached hydrogens (tertiary/aromatic N) is 3. The van der Waals surface area contributed by atoms with Crippen LogP contribution < -0.4 is 20.7 Å². The third kappa shape index (κ3) is 5.39. The Balaban J connectivity index is 1.41. The minimum atomic E-state index is -0.406. The first-order valence-electron chi connectivity index (χ1n) is 10.7. The first-order valence-corrected chi connectivity index (χ1v) is 10.7. The number of carbonyl (C=O) groups excluding carboxylic acids is 1. The van der Waals surface area contributed by atoms with E-state index in [2.05, 4.69) is 37.8 Å². The van der Waals surface area contributed by atoms with Gasteiger partial charge in [-0.25, -0.2) is 9.78 Å². The van der Waals surface area contributed by atoms with Gasteiger partial charge in [0.15, 0.2) is 5.82 Å². The lowest BCUT2D eigenvalue weighted by Crippen LogP contribution is -2.27. The molecule has 32 heavy (non-hydrogen) atoms. The zero-order chi connectivity index (χ0) is 22.6. The van der Waals surface area contributed by atoms with Gasteiger partial charge < -0.3 is 15.4 Å². The molecule has 3 N–H and O–H groups in total. The smallest absolute Gasteiger partial charge is 0.324 e. The van der Waals surface area contributed by atoms with Crippen LogP contribution in [0.1, 0.15) is 24.6 Å². The molecule has 3 heterocycles. The Morgan fingerprint density at radius 1 is 1.16 bits per heavy atom. The van der Waals surface area contributed by atoms with E-state index in [1.807, 2.05) is 38.1 Å². The predicted octanol–water partition coefficient (Wildman–Crippen LogP) is 4.18. The topological polar surface area (TPSA) is 101 Å². The molecule has 1 aromatic carbocycles. The molecule has 8 nitrogen and oxygen atoms in total. The molecule has 1 fully saturated rings. The number of ether oxygens (including phenoxy) is 1. The molecule has 0 bridgehead atoms. The van der Waals surface area contributed by atoms with E-state index in [1.54, 1.807) is 18.5 Å². The zero-order valence-corrected chi connectivity index (χ0v) is 18.6. The molecule has 1 saturated heterocycles. The summed E-state index contributed by atoms with van der Waals surface area (Å²) in [6.07, 6.45) is 5.91. The normalized spacial score (nSPS) is 17.7. The van der Waals surface area contributed by atoms with Crippen molar-refractivity contribution in [1.82, 2.24) is 20.3 Å². The van der Waals surface area contributed by atoms with E-state index in [-0.39, 0.29) is 5.41 Å². The molecule has 8 heteroatoms. The lowest BCUT2D eigenvalue weighted by Gasteiger charge is -2.23. The third-order valence-corrected chi connectivity index (χ3v) is 5.55. The number of hydrogen-bond donors (Lipinski definition) is 3. The summed E-state index contributed by atoms with van der Waals surface area (Å²) in [7, 11) is 0. The van der Waals surface area contributed by atoms with Crippen LogP contribution in [0.15, 0.2) is 48.9 Å². The fraction of sp³-hybridized carbons (Fsp3) is 0.333. The molecule has 166 valence electrons. The van der Waals surface area contributed by atoms with Gasteiger partial charge in [0.1, 0.15) is 5.75 Å². The van der Waals surface area contributed by atoms with Gasteiger partial charge in [0, 0.05) is 23.2 Å². The fourth-order valence-corrected chi connectivity index (χ4v) is 3.60. The van der Waals surface area contributed by atoms with Crippen LogP contribution in [-0.4, -0.2) is 40.7 Å². The van der Waals surface area contributed by atoms with Crippen LogP contribution in [0.2, 0.25) is 0 Å². The number of nitrogens with one attached hydrogen (secondary N) is 3. The second-order valence-corrected chi connectivity index (χ2v) is 8.56. The van der Waals surface area contributed by atoms with Gasteiger partial charge in [-0.15, -0.1) is 0 Å². The van der Waals surface area contributed by atoms with Crippen LogP contribution in [-0.2, 0) is 0 Å². The minimum absolute atomic E-state index is 0.172. The maximum Gasteiger partial charge on any atom is 0.324 e. The van der Waals surface area contributed by atoms with Crippen molar-refractivity contribution in [2.45, 2.75) is 27.2 Å². The van der Waals surface area contributed by atoms with E-state index in [0.29, 0.717) is 23.8 Å². The number of anilines is 2. The molecule has 1 aliphatic heterocycles. The summed E-state index contributed by atoms with van der Waals surface area (Å²) in [5.74, 6) is 1.23. The minimum Gasteiger partial charge on any atom is -0.493 e. The van der Waals surface area contributed by atoms with Crippen LogP contribution in [0.4, 0.5) is 16.3 Å². The standard InChI is InChI=1S/C24H28N6O2/c1-16-10-18(5-7-21(16)32-15-24(3)8-9-25-14-24)20-12-26-13-22(29-20)30-23(31)28-19-6-4-17(2)27-11-19/h4-7,10-13,25H,8-9,14-15H2,1-3H3,(H2,28,29,30,31). The molecular weight excluding hydrogens is 404 g/mol. The van der Waals surface area contributed by atoms with Crippen LogP contribution >= 0.6 is 0 Å². The quantitative estimate of drug-likeness (QED) is 0.540. The van der Waals surface area contributed by atoms with Crippen LogP contribution in [0.25, 0.3) is 11.3 Å². The maximum absolute atomic E-state index is 12.3. The highest BCUT2D eigenvalue weighted by Gasteiger charge is 2.29. The summed E-state index contributed by atoms with van der Waals surface area (Å²) in [5, 5.41) is 8.84. The number of aromatic nitrogens is 3. The maximum atomic E-state index is 12.3. The van der Waals surface area contributed by atoms with E-state index >= 15 is 0 Å². The fourth-order valence-electron chi connectivity index (χ4n) is 3.60. The summed E-state index contributed by atoms with van der Waals surface area (Å²) in [6, 6.07) is 9.17. The van der Waals surface area contributed by atoms with E-state index in [9.17, 15) is 4.79 Å². The Morgan fingerprint density at radius 2 is 2.03 bits per heavy atom. The summed E-state index contributed by atoms with van der Waals surface area (Å²) >= 11 is 0. The number of urea groups is 1. The summed E-state index contributed by atoms with van der Waals surface area (Å²) in [5.41, 5.74) is 4.26. The number of benzene rings is 1. The van der Waals surface area contributed by atoms with Crippen LogP contribution in [0.5, 0.6) is 5.75 Å². The molecule has 2 amide bonds. The molecule has 4 rings (SSSR count). The predicted molar refractivity (Wildman–Crippen MR) is 125 cm³/mol. The third-order valence-electron chi connectivity index (χ3n) is 5.55. The highest BCUT2D eigenvalue weighted by Crippen LogP contribution is 2.29. The number of hydrogen-bond acceptors (Lipinski definition) is 6. The average Bonchev–Trinajstić information content (AvgIpc) is 3.21. The van der Waals surface area contributed by atoms with Gasteiger partial charge in [-0.05, 0) is 62.7 Å². The van der Waals surface area contributed by atoms with Crippen molar-refractivity contribution in [1.29, 1.82) is 0 Å². The van der Waals surface area contributed by atoms with Gasteiger partial charge in [0.05, 0.1) is 36.6 Å². The molecule has 0 aliphatic carbocycles. The van der Waals surface area contributed by atoms with Gasteiger partial charge in [-0.1, -0.05) is 6.92 Å². The first kappa shape index (κ1) is 21.7. The Morgan fingerprint density at radius 3 is 2.75 bits per heavy atom. The molecular formula is C24H28N6O2. The van der Waals surface area contributed by atoms with E-state index < -0.39 is 6.03 Å². The van der Waals surface area contributed by atoms with E-state index in [4.69, 9.17) is 4.74 Å². The number of pyridine rings is 1. The van der Waals surface area contributed by atoms with Gasteiger partial charge in [-0.3, -0.25) is 15.3 Å². The van der Waals surface area contributed by atoms with Crippen molar-refractivity contribution in [3.8, 4) is 17.0 Å². The Kier molecular flexibility index (Phi) is 6.32.